The summed E-state index contributed by atoms with van der Waals surface area (Å²) in [5, 5.41) is 6.63. The summed E-state index contributed by atoms with van der Waals surface area (Å²) in [4.78, 5) is 16.5. The molecule has 0 saturated heterocycles. The summed E-state index contributed by atoms with van der Waals surface area (Å²) in [6, 6.07) is 7.27. The molecule has 3 N–H and O–H groups in total. The van der Waals surface area contributed by atoms with Crippen molar-refractivity contribution < 1.29 is 9.63 Å². The van der Waals surface area contributed by atoms with Crippen molar-refractivity contribution in [2.75, 3.05) is 11.9 Å². The molecule has 18 heavy (non-hydrogen) atoms. The monoisotopic (exact) mass is 247 g/mol. The van der Waals surface area contributed by atoms with E-state index in [-0.39, 0.29) is 11.8 Å². The average Bonchev–Trinajstić information content (AvgIpc) is 3.20. The van der Waals surface area contributed by atoms with E-state index in [1.165, 1.54) is 0 Å². The maximum absolute atomic E-state index is 11.6. The number of nitrogens with two attached hydrogens (primary N) is 1. The molecular weight excluding hydrogens is 230 g/mol. The SMILES string of the molecule is CCO/N=C(/N)c1cccc(NC(=O)C2CC2)c1. The lowest BCUT2D eigenvalue weighted by Gasteiger charge is -2.06. The van der Waals surface area contributed by atoms with Crippen molar-refractivity contribution in [3.63, 3.8) is 0 Å². The Morgan fingerprint density at radius 2 is 2.33 bits per heavy atom. The molecule has 1 aromatic rings. The number of amides is 1. The van der Waals surface area contributed by atoms with Gasteiger partial charge in [-0.05, 0) is 31.9 Å². The summed E-state index contributed by atoms with van der Waals surface area (Å²) in [5.74, 6) is 0.565. The van der Waals surface area contributed by atoms with Crippen LogP contribution in [-0.2, 0) is 9.63 Å². The van der Waals surface area contributed by atoms with Crippen LogP contribution in [0.15, 0.2) is 29.4 Å². The number of nitrogens with one attached hydrogen (secondary N) is 1. The molecule has 0 unspecified atom stereocenters. The molecule has 1 saturated carbocycles. The fourth-order valence-electron chi connectivity index (χ4n) is 1.53. The van der Waals surface area contributed by atoms with Crippen molar-refractivity contribution >= 4 is 17.4 Å². The van der Waals surface area contributed by atoms with Gasteiger partial charge < -0.3 is 15.9 Å². The second-order valence-corrected chi connectivity index (χ2v) is 4.24. The van der Waals surface area contributed by atoms with E-state index in [1.807, 2.05) is 25.1 Å². The number of oxime groups is 1. The summed E-state index contributed by atoms with van der Waals surface area (Å²) in [6.07, 6.45) is 1.97. The Morgan fingerprint density at radius 3 is 3.00 bits per heavy atom. The number of anilines is 1. The highest BCUT2D eigenvalue weighted by molar-refractivity contribution is 5.99. The van der Waals surface area contributed by atoms with Gasteiger partial charge in [-0.2, -0.15) is 0 Å². The third kappa shape index (κ3) is 3.23. The molecule has 0 radical (unpaired) electrons. The van der Waals surface area contributed by atoms with Crippen molar-refractivity contribution in [1.82, 2.24) is 0 Å². The predicted molar refractivity (Wildman–Crippen MR) is 70.1 cm³/mol. The van der Waals surface area contributed by atoms with Gasteiger partial charge in [0.05, 0.1) is 0 Å². The molecule has 2 rings (SSSR count). The number of hydrogen-bond acceptors (Lipinski definition) is 3. The van der Waals surface area contributed by atoms with Crippen molar-refractivity contribution in [3.8, 4) is 0 Å². The van der Waals surface area contributed by atoms with Gasteiger partial charge in [-0.1, -0.05) is 17.3 Å². The van der Waals surface area contributed by atoms with Crippen molar-refractivity contribution in [2.45, 2.75) is 19.8 Å². The Kier molecular flexibility index (Phi) is 3.82. The quantitative estimate of drug-likeness (QED) is 0.472. The predicted octanol–water partition coefficient (Wildman–Crippen LogP) is 1.69. The summed E-state index contributed by atoms with van der Waals surface area (Å²) < 4.78 is 0. The number of rotatable bonds is 5. The number of benzene rings is 1. The minimum Gasteiger partial charge on any atom is -0.394 e. The van der Waals surface area contributed by atoms with Crippen LogP contribution in [0.5, 0.6) is 0 Å². The van der Waals surface area contributed by atoms with Crippen molar-refractivity contribution in [1.29, 1.82) is 0 Å². The van der Waals surface area contributed by atoms with Gasteiger partial charge in [-0.25, -0.2) is 0 Å². The van der Waals surface area contributed by atoms with Crippen molar-refractivity contribution in [2.24, 2.45) is 16.8 Å². The molecule has 5 heteroatoms. The summed E-state index contributed by atoms with van der Waals surface area (Å²) >= 11 is 0. The zero-order valence-corrected chi connectivity index (χ0v) is 10.3. The third-order valence-corrected chi connectivity index (χ3v) is 2.67. The molecule has 1 amide bonds. The van der Waals surface area contributed by atoms with Crippen molar-refractivity contribution in [3.05, 3.63) is 29.8 Å². The minimum absolute atomic E-state index is 0.0764. The lowest BCUT2D eigenvalue weighted by atomic mass is 10.2. The smallest absolute Gasteiger partial charge is 0.227 e. The molecule has 1 aliphatic rings. The number of carbonyl (C=O) groups is 1. The van der Waals surface area contributed by atoms with E-state index in [0.29, 0.717) is 12.4 Å². The highest BCUT2D eigenvalue weighted by Gasteiger charge is 2.29. The molecule has 1 fully saturated rings. The first kappa shape index (κ1) is 12.4. The van der Waals surface area contributed by atoms with Crippen LogP contribution in [0, 0.1) is 5.92 Å². The average molecular weight is 247 g/mol. The first-order valence-electron chi connectivity index (χ1n) is 6.07. The molecule has 0 spiro atoms. The van der Waals surface area contributed by atoms with Gasteiger partial charge in [0.15, 0.2) is 5.84 Å². The second-order valence-electron chi connectivity index (χ2n) is 4.24. The Labute approximate surface area is 106 Å². The molecule has 0 aromatic heterocycles. The Balaban J connectivity index is 2.06. The van der Waals surface area contributed by atoms with Crippen LogP contribution < -0.4 is 11.1 Å². The fraction of sp³-hybridized carbons (Fsp3) is 0.385. The van der Waals surface area contributed by atoms with Crippen LogP contribution in [-0.4, -0.2) is 18.3 Å². The summed E-state index contributed by atoms with van der Waals surface area (Å²) in [7, 11) is 0. The van der Waals surface area contributed by atoms with Gasteiger partial charge in [0, 0.05) is 17.2 Å². The number of carbonyl (C=O) groups excluding carboxylic acids is 1. The number of amidine groups is 1. The van der Waals surface area contributed by atoms with Crippen LogP contribution in [0.25, 0.3) is 0 Å². The summed E-state index contributed by atoms with van der Waals surface area (Å²) in [5.41, 5.74) is 7.23. The number of hydrogen-bond donors (Lipinski definition) is 2. The highest BCUT2D eigenvalue weighted by atomic mass is 16.6. The normalized spacial score (nSPS) is 15.3. The molecule has 0 bridgehead atoms. The molecule has 1 aromatic carbocycles. The van der Waals surface area contributed by atoms with Gasteiger partial charge in [-0.3, -0.25) is 4.79 Å². The van der Waals surface area contributed by atoms with Gasteiger partial charge in [0.25, 0.3) is 0 Å². The molecule has 1 aliphatic carbocycles. The Hall–Kier alpha value is -2.04. The largest absolute Gasteiger partial charge is 0.394 e. The maximum Gasteiger partial charge on any atom is 0.227 e. The Morgan fingerprint density at radius 1 is 1.56 bits per heavy atom. The van der Waals surface area contributed by atoms with E-state index in [4.69, 9.17) is 10.6 Å². The highest BCUT2D eigenvalue weighted by Crippen LogP contribution is 2.30. The zero-order chi connectivity index (χ0) is 13.0. The van der Waals surface area contributed by atoms with E-state index in [9.17, 15) is 4.79 Å². The van der Waals surface area contributed by atoms with Gasteiger partial charge in [-0.15, -0.1) is 0 Å². The lowest BCUT2D eigenvalue weighted by Crippen LogP contribution is -2.16. The first-order chi connectivity index (χ1) is 8.70. The molecular formula is C13H17N3O2. The first-order valence-corrected chi connectivity index (χ1v) is 6.07. The van der Waals surface area contributed by atoms with E-state index >= 15 is 0 Å². The molecule has 5 nitrogen and oxygen atoms in total. The van der Waals surface area contributed by atoms with E-state index in [0.717, 1.165) is 24.1 Å². The van der Waals surface area contributed by atoms with Crippen LogP contribution in [0.3, 0.4) is 0 Å². The maximum atomic E-state index is 11.6. The molecule has 0 atom stereocenters. The van der Waals surface area contributed by atoms with Crippen LogP contribution in [0.2, 0.25) is 0 Å². The fourth-order valence-corrected chi connectivity index (χ4v) is 1.53. The van der Waals surface area contributed by atoms with E-state index in [1.54, 1.807) is 6.07 Å². The lowest BCUT2D eigenvalue weighted by molar-refractivity contribution is -0.117. The van der Waals surface area contributed by atoms with Gasteiger partial charge in [0.2, 0.25) is 5.91 Å². The van der Waals surface area contributed by atoms with E-state index < -0.39 is 0 Å². The second kappa shape index (κ2) is 5.53. The molecule has 0 aliphatic heterocycles. The molecule has 0 heterocycles. The minimum atomic E-state index is 0.0764. The zero-order valence-electron chi connectivity index (χ0n) is 10.3. The third-order valence-electron chi connectivity index (χ3n) is 2.67. The van der Waals surface area contributed by atoms with Crippen LogP contribution >= 0.6 is 0 Å². The van der Waals surface area contributed by atoms with Crippen LogP contribution in [0.1, 0.15) is 25.3 Å². The standard InChI is InChI=1S/C13H17N3O2/c1-2-18-16-12(14)10-4-3-5-11(8-10)15-13(17)9-6-7-9/h3-5,8-9H,2,6-7H2,1H3,(H2,14,16)(H,15,17). The van der Waals surface area contributed by atoms with Gasteiger partial charge in [0.1, 0.15) is 6.61 Å². The van der Waals surface area contributed by atoms with Crippen LogP contribution in [0.4, 0.5) is 5.69 Å². The van der Waals surface area contributed by atoms with Gasteiger partial charge >= 0.3 is 0 Å². The topological polar surface area (TPSA) is 76.7 Å². The van der Waals surface area contributed by atoms with E-state index in [2.05, 4.69) is 10.5 Å². The summed E-state index contributed by atoms with van der Waals surface area (Å²) in [6.45, 7) is 2.31. The molecule has 96 valence electrons. The number of nitrogens with zero attached hydrogens (tertiary/aromatic N) is 1. The Bertz CT molecular complexity index is 467.